The average molecular weight is 552 g/mol. The van der Waals surface area contributed by atoms with Gasteiger partial charge in [0.25, 0.3) is 0 Å². The highest BCUT2D eigenvalue weighted by Crippen LogP contribution is 2.32. The number of hydrogen-bond donors (Lipinski definition) is 1. The molecule has 0 saturated carbocycles. The van der Waals surface area contributed by atoms with Crippen molar-refractivity contribution in [2.24, 2.45) is 0 Å². The number of likely N-dealkylation sites (tertiary alicyclic amines) is 1. The topological polar surface area (TPSA) is 90.0 Å². The number of piperidine rings is 1. The summed E-state index contributed by atoms with van der Waals surface area (Å²) in [7, 11) is 1.41. The fraction of sp³-hybridized carbons (Fsp3) is 0.452. The molecule has 214 valence electrons. The summed E-state index contributed by atoms with van der Waals surface area (Å²) in [5, 5.41) is 3.75. The summed E-state index contributed by atoms with van der Waals surface area (Å²) in [6.07, 6.45) is 1.17. The van der Waals surface area contributed by atoms with Crippen molar-refractivity contribution in [3.63, 3.8) is 0 Å². The van der Waals surface area contributed by atoms with Gasteiger partial charge in [0.2, 0.25) is 5.91 Å². The van der Waals surface area contributed by atoms with Gasteiger partial charge in [-0.3, -0.25) is 4.79 Å². The first kappa shape index (κ1) is 29.1. The Hall–Kier alpha value is -3.88. The van der Waals surface area contributed by atoms with Gasteiger partial charge in [0.15, 0.2) is 11.6 Å². The molecule has 0 radical (unpaired) electrons. The van der Waals surface area contributed by atoms with Crippen LogP contribution in [-0.4, -0.2) is 59.8 Å². The molecule has 1 N–H and O–H groups in total. The zero-order chi connectivity index (χ0) is 29.0. The second-order valence-corrected chi connectivity index (χ2v) is 11.4. The maximum atomic E-state index is 14.1. The third kappa shape index (κ3) is 7.40. The quantitative estimate of drug-likeness (QED) is 0.394. The second kappa shape index (κ2) is 12.1. The van der Waals surface area contributed by atoms with Crippen LogP contribution in [0.1, 0.15) is 53.0 Å². The SMILES string of the molecule is COc1cc(-c2nc3ccc(OC4CCN(C(=O)OC(C)(C)C)CC4)cc3cc2CC(=O)NC(C)C)ccc1F. The number of hydrogen-bond acceptors (Lipinski definition) is 6. The van der Waals surface area contributed by atoms with Gasteiger partial charge in [0.05, 0.1) is 24.7 Å². The van der Waals surface area contributed by atoms with Gasteiger partial charge in [-0.05, 0) is 82.6 Å². The Labute approximate surface area is 234 Å². The Morgan fingerprint density at radius 2 is 1.82 bits per heavy atom. The molecule has 3 aromatic rings. The summed E-state index contributed by atoms with van der Waals surface area (Å²) in [4.78, 5) is 31.7. The summed E-state index contributed by atoms with van der Waals surface area (Å²) in [6, 6.07) is 12.2. The Balaban J connectivity index is 1.57. The normalized spacial score (nSPS) is 14.3. The van der Waals surface area contributed by atoms with E-state index in [9.17, 15) is 14.0 Å². The van der Waals surface area contributed by atoms with Gasteiger partial charge in [-0.2, -0.15) is 0 Å². The lowest BCUT2D eigenvalue weighted by Gasteiger charge is -2.33. The van der Waals surface area contributed by atoms with E-state index in [4.69, 9.17) is 19.2 Å². The van der Waals surface area contributed by atoms with Gasteiger partial charge in [-0.25, -0.2) is 14.2 Å². The van der Waals surface area contributed by atoms with Crippen LogP contribution in [0.2, 0.25) is 0 Å². The predicted molar refractivity (Wildman–Crippen MR) is 152 cm³/mol. The number of aromatic nitrogens is 1. The molecular weight excluding hydrogens is 513 g/mol. The van der Waals surface area contributed by atoms with Gasteiger partial charge in [-0.15, -0.1) is 0 Å². The van der Waals surface area contributed by atoms with E-state index in [0.29, 0.717) is 48.5 Å². The first-order valence-corrected chi connectivity index (χ1v) is 13.6. The zero-order valence-corrected chi connectivity index (χ0v) is 24.0. The summed E-state index contributed by atoms with van der Waals surface area (Å²) in [5.41, 5.74) is 2.15. The fourth-order valence-electron chi connectivity index (χ4n) is 4.68. The molecule has 1 aromatic heterocycles. The largest absolute Gasteiger partial charge is 0.494 e. The molecule has 0 unspecified atom stereocenters. The highest BCUT2D eigenvalue weighted by Gasteiger charge is 2.27. The number of pyridine rings is 1. The number of methoxy groups -OCH3 is 1. The minimum absolute atomic E-state index is 0.00276. The van der Waals surface area contributed by atoms with Crippen molar-refractivity contribution in [1.82, 2.24) is 15.2 Å². The maximum Gasteiger partial charge on any atom is 0.410 e. The molecule has 40 heavy (non-hydrogen) atoms. The van der Waals surface area contributed by atoms with Gasteiger partial charge >= 0.3 is 6.09 Å². The zero-order valence-electron chi connectivity index (χ0n) is 24.0. The second-order valence-electron chi connectivity index (χ2n) is 11.4. The molecule has 1 saturated heterocycles. The lowest BCUT2D eigenvalue weighted by Crippen LogP contribution is -2.44. The van der Waals surface area contributed by atoms with Crippen molar-refractivity contribution in [2.75, 3.05) is 20.2 Å². The molecule has 0 bridgehead atoms. The smallest absolute Gasteiger partial charge is 0.410 e. The van der Waals surface area contributed by atoms with Crippen molar-refractivity contribution >= 4 is 22.9 Å². The monoisotopic (exact) mass is 551 g/mol. The molecule has 2 aromatic carbocycles. The van der Waals surface area contributed by atoms with Crippen molar-refractivity contribution < 1.29 is 28.2 Å². The molecule has 1 aliphatic heterocycles. The molecule has 2 heterocycles. The third-order valence-electron chi connectivity index (χ3n) is 6.49. The lowest BCUT2D eigenvalue weighted by atomic mass is 10.00. The number of fused-ring (bicyclic) bond motifs is 1. The van der Waals surface area contributed by atoms with E-state index in [2.05, 4.69) is 5.32 Å². The molecule has 9 heteroatoms. The standard InChI is InChI=1S/C31H38FN3O5/c1-19(2)33-28(36)18-22-15-21-16-24(39-23-11-13-35(14-12-23)30(37)40-31(3,4)5)8-10-26(21)34-29(22)20-7-9-25(32)27(17-20)38-6/h7-10,15-17,19,23H,11-14,18H2,1-6H3,(H,33,36). The van der Waals surface area contributed by atoms with Crippen molar-refractivity contribution in [2.45, 2.75) is 71.6 Å². The van der Waals surface area contributed by atoms with Crippen LogP contribution in [0.5, 0.6) is 11.5 Å². The van der Waals surface area contributed by atoms with E-state index in [1.54, 1.807) is 17.0 Å². The van der Waals surface area contributed by atoms with Crippen LogP contribution in [0, 0.1) is 5.82 Å². The summed E-state index contributed by atoms with van der Waals surface area (Å²) >= 11 is 0. The van der Waals surface area contributed by atoms with Crippen molar-refractivity contribution in [1.29, 1.82) is 0 Å². The summed E-state index contributed by atoms with van der Waals surface area (Å²) in [6.45, 7) is 10.5. The number of carbonyl (C=O) groups is 2. The van der Waals surface area contributed by atoms with Crippen LogP contribution in [0.3, 0.4) is 0 Å². The van der Waals surface area contributed by atoms with E-state index >= 15 is 0 Å². The number of benzene rings is 2. The minimum Gasteiger partial charge on any atom is -0.494 e. The minimum atomic E-state index is -0.527. The lowest BCUT2D eigenvalue weighted by molar-refractivity contribution is -0.120. The Bertz CT molecular complexity index is 1380. The Kier molecular flexibility index (Phi) is 8.81. The van der Waals surface area contributed by atoms with Crippen LogP contribution >= 0.6 is 0 Å². The van der Waals surface area contributed by atoms with Crippen LogP contribution in [0.15, 0.2) is 42.5 Å². The molecule has 8 nitrogen and oxygen atoms in total. The third-order valence-corrected chi connectivity index (χ3v) is 6.49. The molecule has 4 rings (SSSR count). The van der Waals surface area contributed by atoms with E-state index < -0.39 is 11.4 Å². The van der Waals surface area contributed by atoms with E-state index in [-0.39, 0.29) is 36.3 Å². The van der Waals surface area contributed by atoms with Crippen LogP contribution < -0.4 is 14.8 Å². The van der Waals surface area contributed by atoms with Gasteiger partial charge in [0, 0.05) is 42.9 Å². The van der Waals surface area contributed by atoms with Crippen LogP contribution in [0.25, 0.3) is 22.2 Å². The van der Waals surface area contributed by atoms with Gasteiger partial charge < -0.3 is 24.4 Å². The van der Waals surface area contributed by atoms with Gasteiger partial charge in [0.1, 0.15) is 17.5 Å². The molecular formula is C31H38FN3O5. The Morgan fingerprint density at radius 1 is 1.10 bits per heavy atom. The Morgan fingerprint density at radius 3 is 2.48 bits per heavy atom. The highest BCUT2D eigenvalue weighted by molar-refractivity contribution is 5.88. The van der Waals surface area contributed by atoms with Crippen LogP contribution in [-0.2, 0) is 16.0 Å². The number of amides is 2. The number of nitrogens with zero attached hydrogens (tertiary/aromatic N) is 2. The fourth-order valence-corrected chi connectivity index (χ4v) is 4.68. The first-order chi connectivity index (χ1) is 18.9. The van der Waals surface area contributed by atoms with E-state index in [1.807, 2.05) is 58.9 Å². The number of rotatable bonds is 7. The first-order valence-electron chi connectivity index (χ1n) is 13.6. The van der Waals surface area contributed by atoms with Crippen molar-refractivity contribution in [3.05, 3.63) is 53.8 Å². The van der Waals surface area contributed by atoms with Crippen molar-refractivity contribution in [3.8, 4) is 22.8 Å². The van der Waals surface area contributed by atoms with Crippen LogP contribution in [0.4, 0.5) is 9.18 Å². The van der Waals surface area contributed by atoms with Gasteiger partial charge in [-0.1, -0.05) is 0 Å². The molecule has 0 atom stereocenters. The highest BCUT2D eigenvalue weighted by atomic mass is 19.1. The average Bonchev–Trinajstić information content (AvgIpc) is 2.87. The van der Waals surface area contributed by atoms with E-state index in [0.717, 1.165) is 10.9 Å². The summed E-state index contributed by atoms with van der Waals surface area (Å²) in [5.74, 6) is 0.206. The molecule has 2 amide bonds. The number of ether oxygens (including phenoxy) is 3. The predicted octanol–water partition coefficient (Wildman–Crippen LogP) is 5.89. The molecule has 0 aliphatic carbocycles. The number of carbonyl (C=O) groups excluding carboxylic acids is 2. The summed E-state index contributed by atoms with van der Waals surface area (Å²) < 4.78 is 31.0. The number of nitrogens with one attached hydrogen (secondary N) is 1. The molecule has 1 aliphatic rings. The van der Waals surface area contributed by atoms with E-state index in [1.165, 1.54) is 13.2 Å². The molecule has 1 fully saturated rings. The molecule has 0 spiro atoms. The maximum absolute atomic E-state index is 14.1. The number of halogens is 1.